The Kier molecular flexibility index (Phi) is 7.62. The van der Waals surface area contributed by atoms with Gasteiger partial charge in [-0.05, 0) is 19.1 Å². The number of pyridine rings is 1. The molecule has 0 aliphatic heterocycles. The van der Waals surface area contributed by atoms with Gasteiger partial charge in [0.2, 0.25) is 5.91 Å². The van der Waals surface area contributed by atoms with E-state index in [1.807, 2.05) is 0 Å². The second kappa shape index (κ2) is 9.22. The molecule has 0 aliphatic carbocycles. The average Bonchev–Trinajstić information content (AvgIpc) is 2.49. The van der Waals surface area contributed by atoms with Crippen molar-refractivity contribution in [1.82, 2.24) is 9.88 Å². The zero-order chi connectivity index (χ0) is 16.5. The molecule has 8 heteroatoms. The Morgan fingerprint density at radius 1 is 1.55 bits per heavy atom. The number of halogens is 1. The predicted octanol–water partition coefficient (Wildman–Crippen LogP) is 2.68. The summed E-state index contributed by atoms with van der Waals surface area (Å²) in [7, 11) is 0. The highest BCUT2D eigenvalue weighted by Crippen LogP contribution is 2.14. The van der Waals surface area contributed by atoms with Gasteiger partial charge in [-0.3, -0.25) is 20.0 Å². The second-order valence-corrected chi connectivity index (χ2v) is 5.68. The quantitative estimate of drug-likeness (QED) is 0.745. The highest BCUT2D eigenvalue weighted by molar-refractivity contribution is 8.14. The van der Waals surface area contributed by atoms with E-state index in [0.717, 1.165) is 11.8 Å². The van der Waals surface area contributed by atoms with Crippen LogP contribution in [-0.2, 0) is 9.59 Å². The van der Waals surface area contributed by atoms with Crippen LogP contribution < -0.4 is 5.32 Å². The van der Waals surface area contributed by atoms with Crippen molar-refractivity contribution in [3.63, 3.8) is 0 Å². The first kappa shape index (κ1) is 18.2. The summed E-state index contributed by atoms with van der Waals surface area (Å²) in [6.45, 7) is 3.51. The lowest BCUT2D eigenvalue weighted by Crippen LogP contribution is -2.34. The van der Waals surface area contributed by atoms with E-state index in [9.17, 15) is 9.59 Å². The highest BCUT2D eigenvalue weighted by Gasteiger charge is 2.19. The van der Waals surface area contributed by atoms with Gasteiger partial charge in [-0.25, -0.2) is 0 Å². The van der Waals surface area contributed by atoms with E-state index < -0.39 is 0 Å². The molecule has 118 valence electrons. The Labute approximate surface area is 138 Å². The molecular weight excluding hydrogens is 324 g/mol. The summed E-state index contributed by atoms with van der Waals surface area (Å²) in [5.41, 5.74) is 0.946. The van der Waals surface area contributed by atoms with Crippen LogP contribution in [0.1, 0.15) is 13.8 Å². The molecule has 6 nitrogen and oxygen atoms in total. The fourth-order valence-corrected chi connectivity index (χ4v) is 2.22. The number of amides is 1. The molecule has 1 amide bonds. The van der Waals surface area contributed by atoms with Crippen molar-refractivity contribution in [3.8, 4) is 0 Å². The fourth-order valence-electron chi connectivity index (χ4n) is 1.58. The Balaban J connectivity index is 2.88. The molecule has 0 saturated heterocycles. The zero-order valence-electron chi connectivity index (χ0n) is 12.3. The summed E-state index contributed by atoms with van der Waals surface area (Å²) in [6.07, 6.45) is 4.72. The number of thioether (sulfide) groups is 1. The van der Waals surface area contributed by atoms with Crippen molar-refractivity contribution in [3.05, 3.63) is 36.4 Å². The van der Waals surface area contributed by atoms with E-state index >= 15 is 0 Å². The molecule has 0 radical (unpaired) electrons. The average molecular weight is 341 g/mol. The van der Waals surface area contributed by atoms with Crippen molar-refractivity contribution >= 4 is 45.2 Å². The number of nitrogens with one attached hydrogen (secondary N) is 2. The van der Waals surface area contributed by atoms with Gasteiger partial charge in [-0.1, -0.05) is 23.4 Å². The molecule has 1 aromatic heterocycles. The number of aromatic nitrogens is 1. The van der Waals surface area contributed by atoms with Crippen LogP contribution in [-0.4, -0.2) is 38.4 Å². The smallest absolute Gasteiger partial charge is 0.237 e. The van der Waals surface area contributed by atoms with Crippen molar-refractivity contribution < 1.29 is 9.59 Å². The van der Waals surface area contributed by atoms with E-state index in [-0.39, 0.29) is 27.6 Å². The van der Waals surface area contributed by atoms with Crippen LogP contribution in [0.2, 0.25) is 0 Å². The topological polar surface area (TPSA) is 86.2 Å². The van der Waals surface area contributed by atoms with Crippen molar-refractivity contribution in [1.29, 1.82) is 5.41 Å². The Morgan fingerprint density at radius 3 is 2.77 bits per heavy atom. The van der Waals surface area contributed by atoms with Gasteiger partial charge in [0.1, 0.15) is 5.17 Å². The molecule has 1 heterocycles. The van der Waals surface area contributed by atoms with E-state index in [0.29, 0.717) is 12.2 Å². The number of allylic oxidation sites excluding steroid dienone is 1. The van der Waals surface area contributed by atoms with Crippen LogP contribution in [0.15, 0.2) is 36.4 Å². The van der Waals surface area contributed by atoms with Gasteiger partial charge in [-0.15, -0.1) is 0 Å². The standard InChI is InChI=1S/C14H17ClN4O2S/c1-3-19(13(21)9-22-10(2)20)12(14(15)16)8-18-11-5-4-6-17-7-11/h4-8,16,18H,3,9H2,1-2H3/b12-8+,16-14?. The van der Waals surface area contributed by atoms with Gasteiger partial charge in [0, 0.05) is 25.9 Å². The predicted molar refractivity (Wildman–Crippen MR) is 90.0 cm³/mol. The van der Waals surface area contributed by atoms with E-state index in [1.165, 1.54) is 18.0 Å². The number of anilines is 1. The molecule has 0 saturated carbocycles. The maximum atomic E-state index is 12.2. The van der Waals surface area contributed by atoms with E-state index in [4.69, 9.17) is 17.0 Å². The van der Waals surface area contributed by atoms with E-state index in [2.05, 4.69) is 10.3 Å². The van der Waals surface area contributed by atoms with Gasteiger partial charge in [0.05, 0.1) is 23.3 Å². The molecule has 0 atom stereocenters. The summed E-state index contributed by atoms with van der Waals surface area (Å²) in [5, 5.41) is 10.2. The highest BCUT2D eigenvalue weighted by atomic mass is 35.5. The molecule has 0 spiro atoms. The number of hydrogen-bond acceptors (Lipinski definition) is 6. The van der Waals surface area contributed by atoms with Crippen LogP contribution in [0, 0.1) is 5.41 Å². The molecule has 0 aliphatic rings. The molecule has 0 unspecified atom stereocenters. The molecule has 2 N–H and O–H groups in total. The van der Waals surface area contributed by atoms with Gasteiger partial charge in [-0.2, -0.15) is 0 Å². The van der Waals surface area contributed by atoms with Crippen molar-refractivity contribution in [2.24, 2.45) is 0 Å². The monoisotopic (exact) mass is 340 g/mol. The third kappa shape index (κ3) is 5.87. The third-order valence-corrected chi connectivity index (χ3v) is 3.56. The van der Waals surface area contributed by atoms with Gasteiger partial charge < -0.3 is 10.2 Å². The van der Waals surface area contributed by atoms with Crippen LogP contribution >= 0.6 is 23.4 Å². The minimum absolute atomic E-state index is 0.0115. The van der Waals surface area contributed by atoms with Crippen LogP contribution in [0.25, 0.3) is 0 Å². The number of nitrogens with zero attached hydrogens (tertiary/aromatic N) is 2. The summed E-state index contributed by atoms with van der Waals surface area (Å²) < 4.78 is 0. The molecule has 22 heavy (non-hydrogen) atoms. The van der Waals surface area contributed by atoms with Crippen LogP contribution in [0.5, 0.6) is 0 Å². The maximum absolute atomic E-state index is 12.2. The minimum atomic E-state index is -0.285. The molecule has 0 aromatic carbocycles. The summed E-state index contributed by atoms with van der Waals surface area (Å²) >= 11 is 6.71. The number of rotatable bonds is 7. The lowest BCUT2D eigenvalue weighted by atomic mass is 10.3. The van der Waals surface area contributed by atoms with Crippen LogP contribution in [0.4, 0.5) is 5.69 Å². The third-order valence-electron chi connectivity index (χ3n) is 2.57. The van der Waals surface area contributed by atoms with Crippen molar-refractivity contribution in [2.45, 2.75) is 13.8 Å². The summed E-state index contributed by atoms with van der Waals surface area (Å²) in [6, 6.07) is 3.55. The summed E-state index contributed by atoms with van der Waals surface area (Å²) in [4.78, 5) is 28.4. The van der Waals surface area contributed by atoms with Gasteiger partial charge in [0.15, 0.2) is 5.12 Å². The van der Waals surface area contributed by atoms with Gasteiger partial charge >= 0.3 is 0 Å². The SMILES string of the molecule is CCN(C(=O)CSC(C)=O)/C(=C/Nc1cccnc1)C(=N)Cl. The molecule has 0 bridgehead atoms. The molecule has 1 rings (SSSR count). The van der Waals surface area contributed by atoms with E-state index in [1.54, 1.807) is 31.5 Å². The van der Waals surface area contributed by atoms with Gasteiger partial charge in [0.25, 0.3) is 0 Å². The summed E-state index contributed by atoms with van der Waals surface area (Å²) in [5.74, 6) is -0.273. The number of carbonyl (C=O) groups is 2. The zero-order valence-corrected chi connectivity index (χ0v) is 13.9. The molecule has 1 aromatic rings. The first-order chi connectivity index (χ1) is 10.5. The normalized spacial score (nSPS) is 11.0. The molecular formula is C14H17ClN4O2S. The Bertz CT molecular complexity index is 577. The molecule has 0 fully saturated rings. The minimum Gasteiger partial charge on any atom is -0.358 e. The Hall–Kier alpha value is -1.86. The van der Waals surface area contributed by atoms with Crippen LogP contribution in [0.3, 0.4) is 0 Å². The first-order valence-electron chi connectivity index (χ1n) is 6.50. The lowest BCUT2D eigenvalue weighted by Gasteiger charge is -2.22. The first-order valence-corrected chi connectivity index (χ1v) is 7.87. The maximum Gasteiger partial charge on any atom is 0.237 e. The fraction of sp³-hybridized carbons (Fsp3) is 0.286. The van der Waals surface area contributed by atoms with Crippen molar-refractivity contribution in [2.75, 3.05) is 17.6 Å². The Morgan fingerprint density at radius 2 is 2.27 bits per heavy atom. The number of carbonyl (C=O) groups excluding carboxylic acids is 2. The second-order valence-electron chi connectivity index (χ2n) is 4.15. The largest absolute Gasteiger partial charge is 0.358 e. The number of hydrogen-bond donors (Lipinski definition) is 2. The lowest BCUT2D eigenvalue weighted by molar-refractivity contribution is -0.126.